The standard InChI is InChI=1S/C15H24N2O4S/c18-14-11-22(19,20)10-12(14)16-9-13(15-5-4-8-21-15)17-6-2-1-3-7-17/h4-5,8,12-14,16,18H,1-3,6-7,9-11H2/p+2/t12-,13+,14+/m1/s1. The Morgan fingerprint density at radius 2 is 2.09 bits per heavy atom. The first kappa shape index (κ1) is 16.0. The molecular weight excluding hydrogens is 304 g/mol. The number of quaternary nitrogens is 2. The number of furan rings is 1. The van der Waals surface area contributed by atoms with Gasteiger partial charge in [-0.15, -0.1) is 0 Å². The number of piperidine rings is 1. The fourth-order valence-corrected chi connectivity index (χ4v) is 5.57. The fraction of sp³-hybridized carbons (Fsp3) is 0.733. The first-order valence-electron chi connectivity index (χ1n) is 8.15. The summed E-state index contributed by atoms with van der Waals surface area (Å²) in [6.45, 7) is 3.01. The number of nitrogens with two attached hydrogens (primary N) is 1. The summed E-state index contributed by atoms with van der Waals surface area (Å²) >= 11 is 0. The van der Waals surface area contributed by atoms with Crippen LogP contribution in [0.4, 0.5) is 0 Å². The summed E-state index contributed by atoms with van der Waals surface area (Å²) in [5, 5.41) is 11.9. The van der Waals surface area contributed by atoms with Gasteiger partial charge in [-0.25, -0.2) is 8.42 Å². The van der Waals surface area contributed by atoms with Crippen LogP contribution in [0.15, 0.2) is 22.8 Å². The van der Waals surface area contributed by atoms with E-state index in [0.29, 0.717) is 0 Å². The van der Waals surface area contributed by atoms with Crippen molar-refractivity contribution in [2.75, 3.05) is 31.1 Å². The summed E-state index contributed by atoms with van der Waals surface area (Å²) in [7, 11) is -3.08. The van der Waals surface area contributed by atoms with Gasteiger partial charge in [0, 0.05) is 0 Å². The van der Waals surface area contributed by atoms with Crippen molar-refractivity contribution in [2.45, 2.75) is 37.5 Å². The molecule has 0 aromatic carbocycles. The highest BCUT2D eigenvalue weighted by molar-refractivity contribution is 7.91. The van der Waals surface area contributed by atoms with E-state index in [1.807, 2.05) is 17.4 Å². The number of hydrogen-bond acceptors (Lipinski definition) is 4. The predicted octanol–water partition coefficient (Wildman–Crippen LogP) is -1.89. The van der Waals surface area contributed by atoms with E-state index >= 15 is 0 Å². The Hall–Kier alpha value is -0.890. The summed E-state index contributed by atoms with van der Waals surface area (Å²) in [5.74, 6) is 0.938. The highest BCUT2D eigenvalue weighted by Gasteiger charge is 2.40. The number of aliphatic hydroxyl groups is 1. The molecular formula is C15H26N2O4S+2. The zero-order valence-electron chi connectivity index (χ0n) is 12.8. The van der Waals surface area contributed by atoms with Crippen LogP contribution in [-0.2, 0) is 9.84 Å². The molecule has 4 N–H and O–H groups in total. The van der Waals surface area contributed by atoms with Crippen LogP contribution in [0.25, 0.3) is 0 Å². The van der Waals surface area contributed by atoms with Gasteiger partial charge in [-0.2, -0.15) is 0 Å². The van der Waals surface area contributed by atoms with E-state index in [9.17, 15) is 13.5 Å². The average Bonchev–Trinajstić information content (AvgIpc) is 3.09. The Labute approximate surface area is 131 Å². The first-order valence-corrected chi connectivity index (χ1v) is 9.97. The molecule has 6 nitrogen and oxygen atoms in total. The number of nitrogens with one attached hydrogen (secondary N) is 1. The molecule has 2 aliphatic heterocycles. The van der Waals surface area contributed by atoms with Gasteiger partial charge >= 0.3 is 0 Å². The quantitative estimate of drug-likeness (QED) is 0.589. The summed E-state index contributed by atoms with van der Waals surface area (Å²) < 4.78 is 28.9. The summed E-state index contributed by atoms with van der Waals surface area (Å²) in [6, 6.07) is 3.89. The number of hydrogen-bond donors (Lipinski definition) is 3. The number of rotatable bonds is 5. The Kier molecular flexibility index (Phi) is 4.87. The minimum absolute atomic E-state index is 0.0778. The van der Waals surface area contributed by atoms with Crippen molar-refractivity contribution in [1.82, 2.24) is 0 Å². The Morgan fingerprint density at radius 3 is 2.68 bits per heavy atom. The van der Waals surface area contributed by atoms with Crippen LogP contribution < -0.4 is 10.2 Å². The maximum atomic E-state index is 11.6. The third kappa shape index (κ3) is 3.71. The zero-order valence-corrected chi connectivity index (χ0v) is 13.6. The second kappa shape index (κ2) is 6.70. The highest BCUT2D eigenvalue weighted by Crippen LogP contribution is 2.12. The molecule has 0 saturated carbocycles. The van der Waals surface area contributed by atoms with E-state index in [4.69, 9.17) is 4.42 Å². The van der Waals surface area contributed by atoms with Gasteiger partial charge in [-0.05, 0) is 31.4 Å². The summed E-state index contributed by atoms with van der Waals surface area (Å²) in [4.78, 5) is 1.51. The van der Waals surface area contributed by atoms with Crippen LogP contribution in [0.1, 0.15) is 31.1 Å². The molecule has 0 aliphatic carbocycles. The molecule has 2 saturated heterocycles. The van der Waals surface area contributed by atoms with Crippen LogP contribution in [0.5, 0.6) is 0 Å². The lowest BCUT2D eigenvalue weighted by Gasteiger charge is -2.30. The van der Waals surface area contributed by atoms with Crippen LogP contribution in [0, 0.1) is 0 Å². The van der Waals surface area contributed by atoms with Gasteiger partial charge in [0.15, 0.2) is 21.6 Å². The molecule has 0 unspecified atom stereocenters. The minimum Gasteiger partial charge on any atom is -0.463 e. The monoisotopic (exact) mass is 330 g/mol. The average molecular weight is 330 g/mol. The molecule has 0 spiro atoms. The molecule has 3 heterocycles. The summed E-state index contributed by atoms with van der Waals surface area (Å²) in [6.07, 6.45) is 4.69. The second-order valence-electron chi connectivity index (χ2n) is 6.57. The summed E-state index contributed by atoms with van der Waals surface area (Å²) in [5.41, 5.74) is 0. The van der Waals surface area contributed by atoms with Crippen molar-refractivity contribution >= 4 is 9.84 Å². The molecule has 1 aromatic rings. The van der Waals surface area contributed by atoms with E-state index in [1.165, 1.54) is 24.2 Å². The molecule has 0 amide bonds. The SMILES string of the molecule is O=S1(=O)C[C@H](O)[C@H]([NH2+]C[C@@H](c2ccco2)[NH+]2CCCCC2)C1. The van der Waals surface area contributed by atoms with Crippen molar-refractivity contribution in [2.24, 2.45) is 0 Å². The van der Waals surface area contributed by atoms with Crippen molar-refractivity contribution in [3.63, 3.8) is 0 Å². The molecule has 22 heavy (non-hydrogen) atoms. The Balaban J connectivity index is 1.65. The van der Waals surface area contributed by atoms with Gasteiger partial charge in [-0.3, -0.25) is 0 Å². The van der Waals surface area contributed by atoms with Crippen LogP contribution in [0.3, 0.4) is 0 Å². The minimum atomic E-state index is -3.08. The van der Waals surface area contributed by atoms with Gasteiger partial charge in [-0.1, -0.05) is 0 Å². The molecule has 3 atom stereocenters. The highest BCUT2D eigenvalue weighted by atomic mass is 32.2. The molecule has 3 rings (SSSR count). The fourth-order valence-electron chi connectivity index (χ4n) is 3.72. The number of aliphatic hydroxyl groups excluding tert-OH is 1. The molecule has 7 heteroatoms. The molecule has 1 aromatic heterocycles. The van der Waals surface area contributed by atoms with E-state index in [1.54, 1.807) is 6.26 Å². The maximum Gasteiger partial charge on any atom is 0.195 e. The Morgan fingerprint density at radius 1 is 1.32 bits per heavy atom. The Bertz CT molecular complexity index is 566. The zero-order chi connectivity index (χ0) is 15.6. The van der Waals surface area contributed by atoms with Gasteiger partial charge in [0.25, 0.3) is 0 Å². The van der Waals surface area contributed by atoms with Crippen molar-refractivity contribution in [3.8, 4) is 0 Å². The lowest BCUT2D eigenvalue weighted by Crippen LogP contribution is -3.16. The van der Waals surface area contributed by atoms with Crippen molar-refractivity contribution in [1.29, 1.82) is 0 Å². The third-order valence-corrected chi connectivity index (χ3v) is 6.66. The lowest BCUT2D eigenvalue weighted by atomic mass is 10.1. The first-order chi connectivity index (χ1) is 10.6. The molecule has 124 valence electrons. The largest absolute Gasteiger partial charge is 0.463 e. The van der Waals surface area contributed by atoms with Crippen molar-refractivity contribution in [3.05, 3.63) is 24.2 Å². The van der Waals surface area contributed by atoms with E-state index in [0.717, 1.165) is 25.4 Å². The van der Waals surface area contributed by atoms with Crippen LogP contribution in [-0.4, -0.2) is 56.8 Å². The lowest BCUT2D eigenvalue weighted by molar-refractivity contribution is -0.951. The smallest absolute Gasteiger partial charge is 0.195 e. The van der Waals surface area contributed by atoms with Gasteiger partial charge in [0.1, 0.15) is 24.4 Å². The molecule has 0 bridgehead atoms. The number of likely N-dealkylation sites (tertiary alicyclic amines) is 1. The van der Waals surface area contributed by atoms with Crippen LogP contribution >= 0.6 is 0 Å². The van der Waals surface area contributed by atoms with Crippen molar-refractivity contribution < 1.29 is 28.2 Å². The molecule has 0 radical (unpaired) electrons. The predicted molar refractivity (Wildman–Crippen MR) is 81.2 cm³/mol. The van der Waals surface area contributed by atoms with Gasteiger partial charge in [0.2, 0.25) is 0 Å². The molecule has 2 aliphatic rings. The second-order valence-corrected chi connectivity index (χ2v) is 8.72. The third-order valence-electron chi connectivity index (χ3n) is 4.92. The van der Waals surface area contributed by atoms with E-state index in [2.05, 4.69) is 0 Å². The molecule has 2 fully saturated rings. The van der Waals surface area contributed by atoms with Crippen LogP contribution in [0.2, 0.25) is 0 Å². The van der Waals surface area contributed by atoms with E-state index < -0.39 is 15.9 Å². The van der Waals surface area contributed by atoms with Gasteiger partial charge in [0.05, 0.1) is 25.1 Å². The topological polar surface area (TPSA) is 88.6 Å². The van der Waals surface area contributed by atoms with Gasteiger partial charge < -0.3 is 19.7 Å². The normalized spacial score (nSPS) is 30.4. The number of sulfone groups is 1. The maximum absolute atomic E-state index is 11.6. The van der Waals surface area contributed by atoms with E-state index in [-0.39, 0.29) is 23.6 Å².